The highest BCUT2D eigenvalue weighted by Gasteiger charge is 2.34. The second-order valence-corrected chi connectivity index (χ2v) is 7.64. The molecule has 6 heteroatoms. The summed E-state index contributed by atoms with van der Waals surface area (Å²) in [6.45, 7) is 3.05. The molecule has 0 saturated heterocycles. The van der Waals surface area contributed by atoms with Gasteiger partial charge in [0.2, 0.25) is 0 Å². The minimum Gasteiger partial charge on any atom is -0.494 e. The fraction of sp³-hybridized carbons (Fsp3) is 0.273. The standard InChI is InChI=1S/C22H21FN2O2S/c1-2-27-19-11-5-16(6-12-19)21-24-20(14-28-21)22(26)25(18-9-10-18)13-15-3-7-17(23)8-4-15/h3-8,11-12,14,18H,2,9-10,13H2,1H3. The summed E-state index contributed by atoms with van der Waals surface area (Å²) in [6, 6.07) is 14.3. The summed E-state index contributed by atoms with van der Waals surface area (Å²) in [7, 11) is 0. The summed E-state index contributed by atoms with van der Waals surface area (Å²) >= 11 is 1.46. The molecule has 0 aliphatic heterocycles. The molecule has 28 heavy (non-hydrogen) atoms. The number of aromatic nitrogens is 1. The summed E-state index contributed by atoms with van der Waals surface area (Å²) in [5.41, 5.74) is 2.34. The number of rotatable bonds is 7. The van der Waals surface area contributed by atoms with E-state index >= 15 is 0 Å². The third kappa shape index (κ3) is 4.22. The molecular formula is C22H21FN2O2S. The molecular weight excluding hydrogens is 375 g/mol. The average Bonchev–Trinajstić information content (AvgIpc) is 3.43. The second kappa shape index (κ2) is 8.10. The van der Waals surface area contributed by atoms with Gasteiger partial charge in [0.15, 0.2) is 0 Å². The fourth-order valence-electron chi connectivity index (χ4n) is 3.05. The number of carbonyl (C=O) groups excluding carboxylic acids is 1. The van der Waals surface area contributed by atoms with Crippen LogP contribution in [0, 0.1) is 5.82 Å². The minimum absolute atomic E-state index is 0.0692. The molecule has 1 aromatic heterocycles. The highest BCUT2D eigenvalue weighted by atomic mass is 32.1. The van der Waals surface area contributed by atoms with Gasteiger partial charge in [-0.3, -0.25) is 4.79 Å². The van der Waals surface area contributed by atoms with Crippen LogP contribution in [-0.2, 0) is 6.54 Å². The van der Waals surface area contributed by atoms with Gasteiger partial charge in [-0.2, -0.15) is 0 Å². The lowest BCUT2D eigenvalue weighted by molar-refractivity contribution is 0.0725. The topological polar surface area (TPSA) is 42.4 Å². The van der Waals surface area contributed by atoms with Crippen LogP contribution in [0.25, 0.3) is 10.6 Å². The first-order valence-corrected chi connectivity index (χ1v) is 10.3. The lowest BCUT2D eigenvalue weighted by Gasteiger charge is -2.21. The Morgan fingerprint density at radius 1 is 1.18 bits per heavy atom. The highest BCUT2D eigenvalue weighted by Crippen LogP contribution is 2.31. The third-order valence-corrected chi connectivity index (χ3v) is 5.54. The van der Waals surface area contributed by atoms with Crippen molar-refractivity contribution in [1.29, 1.82) is 0 Å². The first-order valence-electron chi connectivity index (χ1n) is 9.38. The Labute approximate surface area is 167 Å². The van der Waals surface area contributed by atoms with Crippen LogP contribution in [0.3, 0.4) is 0 Å². The van der Waals surface area contributed by atoms with Crippen molar-refractivity contribution in [1.82, 2.24) is 9.88 Å². The van der Waals surface area contributed by atoms with Crippen LogP contribution in [-0.4, -0.2) is 28.4 Å². The van der Waals surface area contributed by atoms with E-state index in [1.54, 1.807) is 12.1 Å². The van der Waals surface area contributed by atoms with E-state index in [1.165, 1.54) is 23.5 Å². The summed E-state index contributed by atoms with van der Waals surface area (Å²) in [5, 5.41) is 2.62. The molecule has 2 aromatic carbocycles. The van der Waals surface area contributed by atoms with E-state index in [2.05, 4.69) is 4.98 Å². The molecule has 3 aromatic rings. The smallest absolute Gasteiger partial charge is 0.273 e. The quantitative estimate of drug-likeness (QED) is 0.554. The Hall–Kier alpha value is -2.73. The van der Waals surface area contributed by atoms with Crippen LogP contribution in [0.1, 0.15) is 35.8 Å². The van der Waals surface area contributed by atoms with Crippen molar-refractivity contribution in [2.75, 3.05) is 6.61 Å². The Morgan fingerprint density at radius 3 is 2.54 bits per heavy atom. The maximum absolute atomic E-state index is 13.2. The van der Waals surface area contributed by atoms with Crippen LogP contribution in [0.4, 0.5) is 4.39 Å². The Morgan fingerprint density at radius 2 is 1.89 bits per heavy atom. The van der Waals surface area contributed by atoms with Gasteiger partial charge < -0.3 is 9.64 Å². The van der Waals surface area contributed by atoms with Crippen molar-refractivity contribution < 1.29 is 13.9 Å². The van der Waals surface area contributed by atoms with E-state index in [1.807, 2.05) is 41.5 Å². The molecule has 4 rings (SSSR count). The largest absolute Gasteiger partial charge is 0.494 e. The lowest BCUT2D eigenvalue weighted by Crippen LogP contribution is -2.32. The minimum atomic E-state index is -0.271. The number of carbonyl (C=O) groups is 1. The lowest BCUT2D eigenvalue weighted by atomic mass is 10.2. The van der Waals surface area contributed by atoms with E-state index in [-0.39, 0.29) is 17.8 Å². The van der Waals surface area contributed by atoms with Crippen LogP contribution in [0.5, 0.6) is 5.75 Å². The Balaban J connectivity index is 1.51. The molecule has 1 saturated carbocycles. The van der Waals surface area contributed by atoms with Gasteiger partial charge in [-0.05, 0) is 61.7 Å². The number of amides is 1. The molecule has 0 N–H and O–H groups in total. The molecule has 0 atom stereocenters. The molecule has 1 amide bonds. The molecule has 0 radical (unpaired) electrons. The van der Waals surface area contributed by atoms with Gasteiger partial charge in [0.25, 0.3) is 5.91 Å². The van der Waals surface area contributed by atoms with E-state index in [0.29, 0.717) is 18.8 Å². The molecule has 1 aliphatic rings. The van der Waals surface area contributed by atoms with Gasteiger partial charge in [0, 0.05) is 23.5 Å². The number of ether oxygens (including phenoxy) is 1. The number of benzene rings is 2. The predicted octanol–water partition coefficient (Wildman–Crippen LogP) is 5.15. The van der Waals surface area contributed by atoms with Crippen LogP contribution in [0.2, 0.25) is 0 Å². The van der Waals surface area contributed by atoms with E-state index in [0.717, 1.165) is 34.7 Å². The van der Waals surface area contributed by atoms with Gasteiger partial charge in [-0.15, -0.1) is 11.3 Å². The monoisotopic (exact) mass is 396 g/mol. The normalized spacial score (nSPS) is 13.4. The number of hydrogen-bond donors (Lipinski definition) is 0. The molecule has 0 spiro atoms. The summed E-state index contributed by atoms with van der Waals surface area (Å²) in [5.74, 6) is 0.478. The van der Waals surface area contributed by atoms with E-state index < -0.39 is 0 Å². The number of halogens is 1. The zero-order chi connectivity index (χ0) is 19.5. The van der Waals surface area contributed by atoms with Gasteiger partial charge in [0.05, 0.1) is 6.61 Å². The van der Waals surface area contributed by atoms with Gasteiger partial charge in [-0.25, -0.2) is 9.37 Å². The molecule has 0 unspecified atom stereocenters. The van der Waals surface area contributed by atoms with Crippen molar-refractivity contribution in [3.8, 4) is 16.3 Å². The molecule has 144 valence electrons. The molecule has 4 nitrogen and oxygen atoms in total. The highest BCUT2D eigenvalue weighted by molar-refractivity contribution is 7.13. The third-order valence-electron chi connectivity index (χ3n) is 4.65. The van der Waals surface area contributed by atoms with Crippen molar-refractivity contribution in [3.63, 3.8) is 0 Å². The zero-order valence-corrected chi connectivity index (χ0v) is 16.4. The fourth-order valence-corrected chi connectivity index (χ4v) is 3.85. The van der Waals surface area contributed by atoms with Gasteiger partial charge in [-0.1, -0.05) is 12.1 Å². The van der Waals surface area contributed by atoms with Crippen molar-refractivity contribution in [2.45, 2.75) is 32.4 Å². The first kappa shape index (κ1) is 18.6. The Kier molecular flexibility index (Phi) is 5.39. The molecule has 1 fully saturated rings. The van der Waals surface area contributed by atoms with Crippen molar-refractivity contribution in [2.24, 2.45) is 0 Å². The summed E-state index contributed by atoms with van der Waals surface area (Å²) in [6.07, 6.45) is 2.01. The molecule has 1 aliphatic carbocycles. The predicted molar refractivity (Wildman–Crippen MR) is 108 cm³/mol. The van der Waals surface area contributed by atoms with E-state index in [4.69, 9.17) is 4.74 Å². The van der Waals surface area contributed by atoms with Crippen molar-refractivity contribution in [3.05, 3.63) is 71.0 Å². The number of nitrogens with zero attached hydrogens (tertiary/aromatic N) is 2. The first-order chi connectivity index (χ1) is 13.6. The summed E-state index contributed by atoms with van der Waals surface area (Å²) in [4.78, 5) is 19.5. The van der Waals surface area contributed by atoms with E-state index in [9.17, 15) is 9.18 Å². The molecule has 0 bridgehead atoms. The Bertz CT molecular complexity index is 949. The number of hydrogen-bond acceptors (Lipinski definition) is 4. The number of thiazole rings is 1. The summed E-state index contributed by atoms with van der Waals surface area (Å²) < 4.78 is 18.6. The van der Waals surface area contributed by atoms with Crippen LogP contribution < -0.4 is 4.74 Å². The van der Waals surface area contributed by atoms with Gasteiger partial charge >= 0.3 is 0 Å². The average molecular weight is 396 g/mol. The van der Waals surface area contributed by atoms with Crippen LogP contribution in [0.15, 0.2) is 53.9 Å². The second-order valence-electron chi connectivity index (χ2n) is 6.79. The molecule has 1 heterocycles. The zero-order valence-electron chi connectivity index (χ0n) is 15.6. The maximum Gasteiger partial charge on any atom is 0.273 e. The maximum atomic E-state index is 13.2. The van der Waals surface area contributed by atoms with Gasteiger partial charge in [0.1, 0.15) is 22.3 Å². The SMILES string of the molecule is CCOc1ccc(-c2nc(C(=O)N(Cc3ccc(F)cc3)C3CC3)cs2)cc1. The van der Waals surface area contributed by atoms with Crippen molar-refractivity contribution >= 4 is 17.2 Å². The van der Waals surface area contributed by atoms with Crippen LogP contribution >= 0.6 is 11.3 Å².